The first kappa shape index (κ1) is 23.7. The Kier molecular flexibility index (Phi) is 7.02. The highest BCUT2D eigenvalue weighted by molar-refractivity contribution is 6.10. The van der Waals surface area contributed by atoms with Crippen molar-refractivity contribution in [2.45, 2.75) is 6.54 Å². The molecule has 0 unspecified atom stereocenters. The number of likely N-dealkylation sites (N-methyl/N-ethyl adjacent to an activating group) is 1. The number of hydrogen-bond acceptors (Lipinski definition) is 5. The number of nitrogens with one attached hydrogen (secondary N) is 2. The van der Waals surface area contributed by atoms with Crippen LogP contribution in [0.15, 0.2) is 89.7 Å². The van der Waals surface area contributed by atoms with Crippen LogP contribution in [0.4, 0.5) is 5.69 Å². The molecule has 0 spiro atoms. The summed E-state index contributed by atoms with van der Waals surface area (Å²) in [4.78, 5) is 31.2. The van der Waals surface area contributed by atoms with Gasteiger partial charge in [0.15, 0.2) is 0 Å². The van der Waals surface area contributed by atoms with Gasteiger partial charge < -0.3 is 10.2 Å². The molecule has 36 heavy (non-hydrogen) atoms. The lowest BCUT2D eigenvalue weighted by Crippen LogP contribution is -2.43. The zero-order valence-electron chi connectivity index (χ0n) is 20.3. The van der Waals surface area contributed by atoms with Crippen LogP contribution in [0.5, 0.6) is 0 Å². The molecule has 1 aliphatic heterocycles. The maximum atomic E-state index is 13.5. The van der Waals surface area contributed by atoms with Gasteiger partial charge in [-0.3, -0.25) is 14.5 Å². The normalized spacial score (nSPS) is 14.5. The van der Waals surface area contributed by atoms with E-state index in [1.165, 1.54) is 5.56 Å². The molecule has 0 bridgehead atoms. The van der Waals surface area contributed by atoms with Crippen molar-refractivity contribution in [2.24, 2.45) is 0 Å². The first-order valence-electron chi connectivity index (χ1n) is 12.1. The summed E-state index contributed by atoms with van der Waals surface area (Å²) < 4.78 is 0. The van der Waals surface area contributed by atoms with Crippen molar-refractivity contribution >= 4 is 11.6 Å². The highest BCUT2D eigenvalue weighted by Gasteiger charge is 2.23. The van der Waals surface area contributed by atoms with E-state index in [1.54, 1.807) is 0 Å². The average molecular weight is 480 g/mol. The fourth-order valence-corrected chi connectivity index (χ4v) is 4.51. The molecule has 7 heteroatoms. The summed E-state index contributed by atoms with van der Waals surface area (Å²) in [5.74, 6) is -0.471. The lowest BCUT2D eigenvalue weighted by atomic mass is 9.95. The minimum Gasteiger partial charge on any atom is -0.322 e. The van der Waals surface area contributed by atoms with Gasteiger partial charge in [0.1, 0.15) is 5.56 Å². The lowest BCUT2D eigenvalue weighted by Gasteiger charge is -2.32. The Labute approximate surface area is 210 Å². The summed E-state index contributed by atoms with van der Waals surface area (Å²) in [5, 5.41) is 9.77. The van der Waals surface area contributed by atoms with Crippen LogP contribution in [0.2, 0.25) is 0 Å². The van der Waals surface area contributed by atoms with Gasteiger partial charge in [0.25, 0.3) is 11.5 Å². The molecular formula is C29H29N5O2. The number of piperazine rings is 1. The summed E-state index contributed by atoms with van der Waals surface area (Å²) in [6.07, 6.45) is 0. The second-order valence-electron chi connectivity index (χ2n) is 9.11. The number of benzene rings is 3. The van der Waals surface area contributed by atoms with E-state index in [2.05, 4.69) is 32.4 Å². The standard InChI is InChI=1S/C29H29N5O2/c1-33-16-18-34(19-17-33)20-21-12-14-24(15-13-21)30-28(35)26-25(22-8-4-2-5-9-22)27(31-32-29(26)36)23-10-6-3-7-11-23/h2-15H,16-20H2,1H3,(H,30,35)(H,32,36). The van der Waals surface area contributed by atoms with Gasteiger partial charge in [-0.15, -0.1) is 0 Å². The van der Waals surface area contributed by atoms with Gasteiger partial charge in [-0.2, -0.15) is 5.10 Å². The molecule has 1 fully saturated rings. The van der Waals surface area contributed by atoms with Gasteiger partial charge in [-0.25, -0.2) is 5.10 Å². The molecule has 1 amide bonds. The van der Waals surface area contributed by atoms with Gasteiger partial charge in [0.2, 0.25) is 0 Å². The van der Waals surface area contributed by atoms with Gasteiger partial charge in [0.05, 0.1) is 5.69 Å². The molecule has 3 aromatic carbocycles. The van der Waals surface area contributed by atoms with Crippen molar-refractivity contribution in [1.82, 2.24) is 20.0 Å². The van der Waals surface area contributed by atoms with E-state index >= 15 is 0 Å². The van der Waals surface area contributed by atoms with Crippen molar-refractivity contribution < 1.29 is 4.79 Å². The molecule has 5 rings (SSSR count). The third-order valence-corrected chi connectivity index (χ3v) is 6.53. The molecule has 0 radical (unpaired) electrons. The van der Waals surface area contributed by atoms with E-state index in [9.17, 15) is 9.59 Å². The first-order chi connectivity index (χ1) is 17.6. The maximum absolute atomic E-state index is 13.5. The van der Waals surface area contributed by atoms with Crippen LogP contribution < -0.4 is 10.9 Å². The summed E-state index contributed by atoms with van der Waals surface area (Å²) in [6, 6.07) is 26.8. The summed E-state index contributed by atoms with van der Waals surface area (Å²) >= 11 is 0. The number of H-pyrrole nitrogens is 1. The fourth-order valence-electron chi connectivity index (χ4n) is 4.51. The van der Waals surface area contributed by atoms with Crippen LogP contribution in [-0.2, 0) is 6.54 Å². The van der Waals surface area contributed by atoms with Crippen LogP contribution in [0.1, 0.15) is 15.9 Å². The van der Waals surface area contributed by atoms with Gasteiger partial charge in [-0.05, 0) is 30.3 Å². The third-order valence-electron chi connectivity index (χ3n) is 6.53. The van der Waals surface area contributed by atoms with Crippen LogP contribution >= 0.6 is 0 Å². The molecule has 0 saturated carbocycles. The maximum Gasteiger partial charge on any atom is 0.277 e. The average Bonchev–Trinajstić information content (AvgIpc) is 2.92. The topological polar surface area (TPSA) is 81.3 Å². The molecule has 1 saturated heterocycles. The van der Waals surface area contributed by atoms with E-state index in [1.807, 2.05) is 84.9 Å². The van der Waals surface area contributed by atoms with Crippen molar-refractivity contribution in [3.8, 4) is 22.4 Å². The molecular weight excluding hydrogens is 450 g/mol. The zero-order valence-corrected chi connectivity index (χ0v) is 20.3. The number of carbonyl (C=O) groups is 1. The Morgan fingerprint density at radius 1 is 0.861 bits per heavy atom. The lowest BCUT2D eigenvalue weighted by molar-refractivity contribution is 0.102. The highest BCUT2D eigenvalue weighted by Crippen LogP contribution is 2.32. The van der Waals surface area contributed by atoms with E-state index < -0.39 is 11.5 Å². The number of aromatic nitrogens is 2. The smallest absolute Gasteiger partial charge is 0.277 e. The SMILES string of the molecule is CN1CCN(Cc2ccc(NC(=O)c3c(-c4ccccc4)c(-c4ccccc4)n[nH]c3=O)cc2)CC1. The van der Waals surface area contributed by atoms with Crippen molar-refractivity contribution in [2.75, 3.05) is 38.5 Å². The Hall–Kier alpha value is -4.07. The predicted octanol–water partition coefficient (Wildman–Crippen LogP) is 4.10. The molecule has 0 atom stereocenters. The number of amides is 1. The molecule has 0 aliphatic carbocycles. The molecule has 182 valence electrons. The Morgan fingerprint density at radius 3 is 2.11 bits per heavy atom. The predicted molar refractivity (Wildman–Crippen MR) is 143 cm³/mol. The van der Waals surface area contributed by atoms with Crippen LogP contribution in [-0.4, -0.2) is 59.1 Å². The number of hydrogen-bond donors (Lipinski definition) is 2. The van der Waals surface area contributed by atoms with Gasteiger partial charge in [0, 0.05) is 49.5 Å². The van der Waals surface area contributed by atoms with Crippen LogP contribution in [0.3, 0.4) is 0 Å². The zero-order chi connectivity index (χ0) is 24.9. The molecule has 7 nitrogen and oxygen atoms in total. The Morgan fingerprint density at radius 2 is 1.47 bits per heavy atom. The minimum atomic E-state index is -0.530. The molecule has 2 N–H and O–H groups in total. The monoisotopic (exact) mass is 479 g/mol. The van der Waals surface area contributed by atoms with Crippen molar-refractivity contribution in [3.05, 3.63) is 106 Å². The Bertz CT molecular complexity index is 1380. The number of rotatable bonds is 6. The minimum absolute atomic E-state index is 0.0385. The van der Waals surface area contributed by atoms with Gasteiger partial charge >= 0.3 is 0 Å². The summed E-state index contributed by atoms with van der Waals surface area (Å²) in [7, 11) is 2.15. The molecule has 4 aromatic rings. The van der Waals surface area contributed by atoms with Crippen LogP contribution in [0.25, 0.3) is 22.4 Å². The van der Waals surface area contributed by atoms with Crippen molar-refractivity contribution in [3.63, 3.8) is 0 Å². The summed E-state index contributed by atoms with van der Waals surface area (Å²) in [6.45, 7) is 5.12. The second-order valence-corrected chi connectivity index (χ2v) is 9.11. The highest BCUT2D eigenvalue weighted by atomic mass is 16.2. The second kappa shape index (κ2) is 10.7. The third kappa shape index (κ3) is 5.27. The van der Waals surface area contributed by atoms with E-state index in [4.69, 9.17) is 0 Å². The quantitative estimate of drug-likeness (QED) is 0.435. The van der Waals surface area contributed by atoms with E-state index in [0.29, 0.717) is 16.9 Å². The van der Waals surface area contributed by atoms with E-state index in [0.717, 1.165) is 43.9 Å². The van der Waals surface area contributed by atoms with Crippen molar-refractivity contribution in [1.29, 1.82) is 0 Å². The first-order valence-corrected chi connectivity index (χ1v) is 12.1. The van der Waals surface area contributed by atoms with Crippen LogP contribution in [0, 0.1) is 0 Å². The fraction of sp³-hybridized carbons (Fsp3) is 0.207. The Balaban J connectivity index is 1.43. The largest absolute Gasteiger partial charge is 0.322 e. The molecule has 2 heterocycles. The summed E-state index contributed by atoms with van der Waals surface area (Å²) in [5.41, 5.74) is 3.96. The number of aromatic amines is 1. The molecule has 1 aliphatic rings. The van der Waals surface area contributed by atoms with E-state index in [-0.39, 0.29) is 5.56 Å². The number of carbonyl (C=O) groups excluding carboxylic acids is 1. The number of nitrogens with zero attached hydrogens (tertiary/aromatic N) is 3. The number of anilines is 1. The van der Waals surface area contributed by atoms with Gasteiger partial charge in [-0.1, -0.05) is 72.8 Å². The molecule has 1 aromatic heterocycles.